The Morgan fingerprint density at radius 3 is 2.78 bits per heavy atom. The van der Waals surface area contributed by atoms with Crippen LogP contribution in [0, 0.1) is 0 Å². The van der Waals surface area contributed by atoms with Crippen LogP contribution in [0.3, 0.4) is 0 Å². The van der Waals surface area contributed by atoms with Crippen molar-refractivity contribution in [3.63, 3.8) is 0 Å². The Kier molecular flexibility index (Phi) is 5.06. The lowest BCUT2D eigenvalue weighted by Crippen LogP contribution is -2.22. The summed E-state index contributed by atoms with van der Waals surface area (Å²) in [5.74, 6) is -0.922. The predicted molar refractivity (Wildman–Crippen MR) is 65.6 cm³/mol. The normalized spacial score (nSPS) is 9.89. The SMILES string of the molecule is CN(C)c1ncccc1NC(=O)COCC(=O)O. The molecule has 0 aliphatic rings. The zero-order chi connectivity index (χ0) is 13.5. The molecular weight excluding hydrogens is 238 g/mol. The topological polar surface area (TPSA) is 91.8 Å². The van der Waals surface area contributed by atoms with Gasteiger partial charge >= 0.3 is 5.97 Å². The van der Waals surface area contributed by atoms with Gasteiger partial charge in [-0.3, -0.25) is 4.79 Å². The number of ether oxygens (including phenoxy) is 1. The highest BCUT2D eigenvalue weighted by Crippen LogP contribution is 2.19. The van der Waals surface area contributed by atoms with Crippen LogP contribution in [-0.4, -0.2) is 49.3 Å². The summed E-state index contributed by atoms with van der Waals surface area (Å²) in [6, 6.07) is 3.40. The molecule has 0 fully saturated rings. The number of carboxylic acid groups (broad SMARTS) is 1. The van der Waals surface area contributed by atoms with Crippen LogP contribution in [0.25, 0.3) is 0 Å². The third kappa shape index (κ3) is 4.38. The molecule has 1 amide bonds. The van der Waals surface area contributed by atoms with E-state index in [1.165, 1.54) is 0 Å². The van der Waals surface area contributed by atoms with Crippen LogP contribution < -0.4 is 10.2 Å². The Balaban J connectivity index is 2.56. The average molecular weight is 253 g/mol. The van der Waals surface area contributed by atoms with Crippen LogP contribution >= 0.6 is 0 Å². The van der Waals surface area contributed by atoms with Crippen LogP contribution in [-0.2, 0) is 14.3 Å². The standard InChI is InChI=1S/C11H15N3O4/c1-14(2)11-8(4-3-5-12-11)13-9(15)6-18-7-10(16)17/h3-5H,6-7H2,1-2H3,(H,13,15)(H,16,17). The van der Waals surface area contributed by atoms with Crippen LogP contribution in [0.5, 0.6) is 0 Å². The maximum atomic E-state index is 11.5. The van der Waals surface area contributed by atoms with Crippen LogP contribution in [0.4, 0.5) is 11.5 Å². The van der Waals surface area contributed by atoms with E-state index in [2.05, 4.69) is 15.0 Å². The quantitative estimate of drug-likeness (QED) is 0.751. The third-order valence-electron chi connectivity index (χ3n) is 1.94. The van der Waals surface area contributed by atoms with E-state index in [1.807, 2.05) is 0 Å². The van der Waals surface area contributed by atoms with E-state index in [-0.39, 0.29) is 6.61 Å². The largest absolute Gasteiger partial charge is 0.480 e. The van der Waals surface area contributed by atoms with Gasteiger partial charge in [-0.25, -0.2) is 9.78 Å². The van der Waals surface area contributed by atoms with E-state index in [0.29, 0.717) is 11.5 Å². The molecule has 0 unspecified atom stereocenters. The zero-order valence-electron chi connectivity index (χ0n) is 10.2. The number of rotatable bonds is 6. The number of hydrogen-bond donors (Lipinski definition) is 2. The summed E-state index contributed by atoms with van der Waals surface area (Å²) in [6.07, 6.45) is 1.62. The maximum Gasteiger partial charge on any atom is 0.329 e. The first kappa shape index (κ1) is 13.9. The van der Waals surface area contributed by atoms with Crippen molar-refractivity contribution in [1.29, 1.82) is 0 Å². The molecule has 0 saturated carbocycles. The first-order valence-electron chi connectivity index (χ1n) is 5.22. The van der Waals surface area contributed by atoms with Gasteiger partial charge in [0.1, 0.15) is 13.2 Å². The first-order valence-corrected chi connectivity index (χ1v) is 5.22. The van der Waals surface area contributed by atoms with Gasteiger partial charge in [-0.2, -0.15) is 0 Å². The van der Waals surface area contributed by atoms with E-state index in [1.54, 1.807) is 37.3 Å². The van der Waals surface area contributed by atoms with Crippen molar-refractivity contribution in [1.82, 2.24) is 4.98 Å². The third-order valence-corrected chi connectivity index (χ3v) is 1.94. The van der Waals surface area contributed by atoms with E-state index >= 15 is 0 Å². The minimum absolute atomic E-state index is 0.311. The molecule has 0 saturated heterocycles. The van der Waals surface area contributed by atoms with Gasteiger partial charge in [0.2, 0.25) is 5.91 Å². The van der Waals surface area contributed by atoms with Gasteiger partial charge in [0, 0.05) is 20.3 Å². The Morgan fingerprint density at radius 2 is 2.17 bits per heavy atom. The molecule has 1 rings (SSSR count). The molecule has 0 radical (unpaired) electrons. The van der Waals surface area contributed by atoms with E-state index in [0.717, 1.165) is 0 Å². The molecule has 0 atom stereocenters. The van der Waals surface area contributed by atoms with Crippen molar-refractivity contribution in [2.45, 2.75) is 0 Å². The molecule has 1 heterocycles. The Hall–Kier alpha value is -2.15. The second-order valence-corrected chi connectivity index (χ2v) is 3.70. The van der Waals surface area contributed by atoms with Crippen molar-refractivity contribution in [2.75, 3.05) is 37.5 Å². The lowest BCUT2D eigenvalue weighted by molar-refractivity contribution is -0.143. The van der Waals surface area contributed by atoms with Crippen LogP contribution in [0.1, 0.15) is 0 Å². The Labute approximate surface area is 104 Å². The highest BCUT2D eigenvalue weighted by atomic mass is 16.5. The lowest BCUT2D eigenvalue weighted by atomic mass is 10.3. The van der Waals surface area contributed by atoms with E-state index in [4.69, 9.17) is 5.11 Å². The van der Waals surface area contributed by atoms with Gasteiger partial charge in [-0.1, -0.05) is 0 Å². The minimum atomic E-state index is -1.11. The summed E-state index contributed by atoms with van der Waals surface area (Å²) in [5.41, 5.74) is 0.548. The molecule has 7 nitrogen and oxygen atoms in total. The van der Waals surface area contributed by atoms with Gasteiger partial charge in [0.15, 0.2) is 5.82 Å². The second-order valence-electron chi connectivity index (χ2n) is 3.70. The predicted octanol–water partition coefficient (Wildman–Crippen LogP) is 0.187. The Bertz CT molecular complexity index is 434. The number of carboxylic acids is 1. The number of amides is 1. The number of carbonyl (C=O) groups is 2. The van der Waals surface area contributed by atoms with Gasteiger partial charge in [-0.05, 0) is 12.1 Å². The number of hydrogen-bond acceptors (Lipinski definition) is 5. The number of aliphatic carboxylic acids is 1. The number of aromatic nitrogens is 1. The molecular formula is C11H15N3O4. The Morgan fingerprint density at radius 1 is 1.44 bits per heavy atom. The molecule has 0 spiro atoms. The number of pyridine rings is 1. The van der Waals surface area contributed by atoms with Crippen molar-refractivity contribution < 1.29 is 19.4 Å². The number of nitrogens with one attached hydrogen (secondary N) is 1. The van der Waals surface area contributed by atoms with Crippen molar-refractivity contribution in [3.8, 4) is 0 Å². The fraction of sp³-hybridized carbons (Fsp3) is 0.364. The highest BCUT2D eigenvalue weighted by molar-refractivity contribution is 5.94. The minimum Gasteiger partial charge on any atom is -0.480 e. The average Bonchev–Trinajstić information content (AvgIpc) is 2.28. The first-order chi connectivity index (χ1) is 8.50. The number of anilines is 2. The molecule has 18 heavy (non-hydrogen) atoms. The molecule has 1 aromatic rings. The molecule has 98 valence electrons. The number of carbonyl (C=O) groups excluding carboxylic acids is 1. The van der Waals surface area contributed by atoms with Crippen LogP contribution in [0.2, 0.25) is 0 Å². The number of nitrogens with zero attached hydrogens (tertiary/aromatic N) is 2. The molecule has 0 aromatic carbocycles. The van der Waals surface area contributed by atoms with Crippen molar-refractivity contribution in [2.24, 2.45) is 0 Å². The fourth-order valence-electron chi connectivity index (χ4n) is 1.27. The van der Waals surface area contributed by atoms with E-state index < -0.39 is 18.5 Å². The maximum absolute atomic E-state index is 11.5. The molecule has 2 N–H and O–H groups in total. The highest BCUT2D eigenvalue weighted by Gasteiger charge is 2.09. The molecule has 7 heteroatoms. The van der Waals surface area contributed by atoms with Gasteiger partial charge in [0.05, 0.1) is 5.69 Å². The summed E-state index contributed by atoms with van der Waals surface area (Å²) >= 11 is 0. The summed E-state index contributed by atoms with van der Waals surface area (Å²) < 4.78 is 4.68. The summed E-state index contributed by atoms with van der Waals surface area (Å²) in [4.78, 5) is 27.6. The van der Waals surface area contributed by atoms with Crippen LogP contribution in [0.15, 0.2) is 18.3 Å². The van der Waals surface area contributed by atoms with Crippen molar-refractivity contribution >= 4 is 23.4 Å². The summed E-state index contributed by atoms with van der Waals surface area (Å²) in [6.45, 7) is -0.810. The zero-order valence-corrected chi connectivity index (χ0v) is 10.2. The molecule has 0 aliphatic carbocycles. The summed E-state index contributed by atoms with van der Waals surface area (Å²) in [5, 5.41) is 11.0. The fourth-order valence-corrected chi connectivity index (χ4v) is 1.27. The molecule has 0 aliphatic heterocycles. The van der Waals surface area contributed by atoms with E-state index in [9.17, 15) is 9.59 Å². The summed E-state index contributed by atoms with van der Waals surface area (Å²) in [7, 11) is 3.61. The second kappa shape index (κ2) is 6.55. The van der Waals surface area contributed by atoms with Gasteiger partial charge in [-0.15, -0.1) is 0 Å². The molecule has 1 aromatic heterocycles. The van der Waals surface area contributed by atoms with Gasteiger partial charge in [0.25, 0.3) is 0 Å². The smallest absolute Gasteiger partial charge is 0.329 e. The molecule has 0 bridgehead atoms. The lowest BCUT2D eigenvalue weighted by Gasteiger charge is -2.16. The van der Waals surface area contributed by atoms with Crippen molar-refractivity contribution in [3.05, 3.63) is 18.3 Å². The van der Waals surface area contributed by atoms with Gasteiger partial charge < -0.3 is 20.1 Å². The monoisotopic (exact) mass is 253 g/mol.